The van der Waals surface area contributed by atoms with E-state index in [2.05, 4.69) is 10.3 Å². The number of hydrogen-bond donors (Lipinski definition) is 1. The van der Waals surface area contributed by atoms with Crippen LogP contribution in [0.3, 0.4) is 0 Å². The van der Waals surface area contributed by atoms with Crippen molar-refractivity contribution in [3.05, 3.63) is 51.5 Å². The van der Waals surface area contributed by atoms with Crippen molar-refractivity contribution in [2.24, 2.45) is 0 Å². The van der Waals surface area contributed by atoms with Gasteiger partial charge in [0, 0.05) is 12.4 Å². The van der Waals surface area contributed by atoms with Crippen LogP contribution in [0.4, 0.5) is 13.6 Å². The van der Waals surface area contributed by atoms with Crippen LogP contribution in [0, 0.1) is 18.6 Å². The number of nitrogens with zero attached hydrogens (tertiary/aromatic N) is 2. The van der Waals surface area contributed by atoms with Crippen LogP contribution in [0.2, 0.25) is 0 Å². The lowest BCUT2D eigenvalue weighted by atomic mass is 10.1. The number of halogens is 2. The summed E-state index contributed by atoms with van der Waals surface area (Å²) in [4.78, 5) is 17.9. The summed E-state index contributed by atoms with van der Waals surface area (Å²) >= 11 is 1.53. The van der Waals surface area contributed by atoms with Crippen molar-refractivity contribution in [3.63, 3.8) is 0 Å². The van der Waals surface area contributed by atoms with Crippen molar-refractivity contribution in [2.75, 3.05) is 7.05 Å². The van der Waals surface area contributed by atoms with Crippen LogP contribution in [0.25, 0.3) is 0 Å². The van der Waals surface area contributed by atoms with Crippen LogP contribution in [-0.2, 0) is 6.54 Å². The Morgan fingerprint density at radius 3 is 2.73 bits per heavy atom. The summed E-state index contributed by atoms with van der Waals surface area (Å²) in [5.74, 6) is -1.83. The highest BCUT2D eigenvalue weighted by Gasteiger charge is 2.15. The Kier molecular flexibility index (Phi) is 5.07. The minimum atomic E-state index is -0.926. The second-order valence-corrected chi connectivity index (χ2v) is 6.12. The summed E-state index contributed by atoms with van der Waals surface area (Å²) in [5.41, 5.74) is 1.32. The Balaban J connectivity index is 1.96. The van der Waals surface area contributed by atoms with Crippen LogP contribution in [0.15, 0.2) is 23.6 Å². The standard InChI is InChI=1S/C15H17F2N3OS/c1-9(11-4-5-13(16)14(17)6-11)18-15(21)20(3)7-12-8-22-10(2)19-12/h4-6,8-9H,7H2,1-3H3,(H,18,21)/t9-/m0/s1. The van der Waals surface area contributed by atoms with Crippen LogP contribution in [0.1, 0.15) is 29.2 Å². The first-order valence-electron chi connectivity index (χ1n) is 6.74. The maximum Gasteiger partial charge on any atom is 0.317 e. The smallest absolute Gasteiger partial charge is 0.317 e. The van der Waals surface area contributed by atoms with Gasteiger partial charge in [-0.15, -0.1) is 11.3 Å². The molecule has 0 bridgehead atoms. The molecule has 0 fully saturated rings. The van der Waals surface area contributed by atoms with Gasteiger partial charge in [-0.25, -0.2) is 18.6 Å². The van der Waals surface area contributed by atoms with Crippen molar-refractivity contribution < 1.29 is 13.6 Å². The molecule has 0 aliphatic carbocycles. The molecule has 2 rings (SSSR count). The van der Waals surface area contributed by atoms with Crippen molar-refractivity contribution in [2.45, 2.75) is 26.4 Å². The molecule has 1 N–H and O–H groups in total. The molecule has 0 saturated carbocycles. The average Bonchev–Trinajstić information content (AvgIpc) is 2.86. The van der Waals surface area contributed by atoms with Gasteiger partial charge >= 0.3 is 6.03 Å². The van der Waals surface area contributed by atoms with E-state index < -0.39 is 17.7 Å². The number of carbonyl (C=O) groups is 1. The second-order valence-electron chi connectivity index (χ2n) is 5.06. The van der Waals surface area contributed by atoms with Gasteiger partial charge in [0.15, 0.2) is 11.6 Å². The molecule has 0 aliphatic heterocycles. The van der Waals surface area contributed by atoms with Crippen molar-refractivity contribution >= 4 is 17.4 Å². The lowest BCUT2D eigenvalue weighted by Gasteiger charge is -2.21. The zero-order valence-electron chi connectivity index (χ0n) is 12.6. The number of aromatic nitrogens is 1. The van der Waals surface area contributed by atoms with Gasteiger partial charge < -0.3 is 10.2 Å². The molecule has 0 radical (unpaired) electrons. The second kappa shape index (κ2) is 6.83. The van der Waals surface area contributed by atoms with Gasteiger partial charge in [-0.05, 0) is 31.5 Å². The molecule has 2 amide bonds. The topological polar surface area (TPSA) is 45.2 Å². The maximum atomic E-state index is 13.2. The summed E-state index contributed by atoms with van der Waals surface area (Å²) in [6.45, 7) is 4.01. The third-order valence-electron chi connectivity index (χ3n) is 3.20. The lowest BCUT2D eigenvalue weighted by molar-refractivity contribution is 0.203. The Hall–Kier alpha value is -2.02. The third kappa shape index (κ3) is 4.00. The molecular weight excluding hydrogens is 308 g/mol. The summed E-state index contributed by atoms with van der Waals surface area (Å²) in [6, 6.07) is 2.86. The van der Waals surface area contributed by atoms with E-state index in [1.807, 2.05) is 12.3 Å². The van der Waals surface area contributed by atoms with Crippen LogP contribution < -0.4 is 5.32 Å². The number of urea groups is 1. The molecule has 7 heteroatoms. The Labute approximate surface area is 131 Å². The molecular formula is C15H17F2N3OS. The molecule has 1 aromatic carbocycles. The Bertz CT molecular complexity index is 675. The van der Waals surface area contributed by atoms with Crippen molar-refractivity contribution in [3.8, 4) is 0 Å². The molecule has 1 aromatic heterocycles. The molecule has 0 unspecified atom stereocenters. The summed E-state index contributed by atoms with van der Waals surface area (Å²) in [5, 5.41) is 5.59. The van der Waals surface area contributed by atoms with Gasteiger partial charge in [0.1, 0.15) is 0 Å². The lowest BCUT2D eigenvalue weighted by Crippen LogP contribution is -2.38. The summed E-state index contributed by atoms with van der Waals surface area (Å²) in [6.07, 6.45) is 0. The molecule has 2 aromatic rings. The van der Waals surface area contributed by atoms with E-state index in [1.165, 1.54) is 22.3 Å². The van der Waals surface area contributed by atoms with E-state index in [0.29, 0.717) is 12.1 Å². The van der Waals surface area contributed by atoms with Crippen LogP contribution in [0.5, 0.6) is 0 Å². The van der Waals surface area contributed by atoms with Gasteiger partial charge in [-0.3, -0.25) is 0 Å². The van der Waals surface area contributed by atoms with E-state index in [-0.39, 0.29) is 6.03 Å². The molecule has 22 heavy (non-hydrogen) atoms. The molecule has 4 nitrogen and oxygen atoms in total. The fraction of sp³-hybridized carbons (Fsp3) is 0.333. The van der Waals surface area contributed by atoms with Crippen molar-refractivity contribution in [1.29, 1.82) is 0 Å². The Morgan fingerprint density at radius 2 is 2.14 bits per heavy atom. The van der Waals surface area contributed by atoms with E-state index >= 15 is 0 Å². The third-order valence-corrected chi connectivity index (χ3v) is 4.02. The highest BCUT2D eigenvalue weighted by atomic mass is 32.1. The molecule has 0 spiro atoms. The predicted octanol–water partition coefficient (Wildman–Crippen LogP) is 3.63. The molecule has 1 heterocycles. The number of aryl methyl sites for hydroxylation is 1. The van der Waals surface area contributed by atoms with E-state index in [1.54, 1.807) is 14.0 Å². The SMILES string of the molecule is Cc1nc(CN(C)C(=O)N[C@@H](C)c2ccc(F)c(F)c2)cs1. The minimum absolute atomic E-state index is 0.303. The van der Waals surface area contributed by atoms with Crippen LogP contribution in [-0.4, -0.2) is 23.0 Å². The number of amides is 2. The first-order chi connectivity index (χ1) is 10.4. The maximum absolute atomic E-state index is 13.2. The number of benzene rings is 1. The van der Waals surface area contributed by atoms with Gasteiger partial charge in [0.25, 0.3) is 0 Å². The molecule has 0 aliphatic rings. The highest BCUT2D eigenvalue weighted by Crippen LogP contribution is 2.16. The van der Waals surface area contributed by atoms with E-state index in [9.17, 15) is 13.6 Å². The largest absolute Gasteiger partial charge is 0.331 e. The fourth-order valence-corrected chi connectivity index (χ4v) is 2.56. The minimum Gasteiger partial charge on any atom is -0.331 e. The summed E-state index contributed by atoms with van der Waals surface area (Å²) in [7, 11) is 1.65. The monoisotopic (exact) mass is 325 g/mol. The highest BCUT2D eigenvalue weighted by molar-refractivity contribution is 7.09. The van der Waals surface area contributed by atoms with Crippen molar-refractivity contribution in [1.82, 2.24) is 15.2 Å². The van der Waals surface area contributed by atoms with Crippen LogP contribution >= 0.6 is 11.3 Å². The van der Waals surface area contributed by atoms with Gasteiger partial charge in [0.05, 0.1) is 23.3 Å². The fourth-order valence-electron chi connectivity index (χ4n) is 1.96. The first kappa shape index (κ1) is 16.4. The quantitative estimate of drug-likeness (QED) is 0.933. The predicted molar refractivity (Wildman–Crippen MR) is 81.6 cm³/mol. The summed E-state index contributed by atoms with van der Waals surface area (Å²) < 4.78 is 26.1. The number of rotatable bonds is 4. The zero-order chi connectivity index (χ0) is 16.3. The van der Waals surface area contributed by atoms with Gasteiger partial charge in [-0.1, -0.05) is 6.07 Å². The zero-order valence-corrected chi connectivity index (χ0v) is 13.4. The average molecular weight is 325 g/mol. The van der Waals surface area contributed by atoms with E-state index in [4.69, 9.17) is 0 Å². The number of carbonyl (C=O) groups excluding carboxylic acids is 1. The molecule has 118 valence electrons. The normalized spacial score (nSPS) is 12.0. The van der Waals surface area contributed by atoms with Gasteiger partial charge in [-0.2, -0.15) is 0 Å². The Morgan fingerprint density at radius 1 is 1.41 bits per heavy atom. The molecule has 0 saturated heterocycles. The number of nitrogens with one attached hydrogen (secondary N) is 1. The van der Waals surface area contributed by atoms with E-state index in [0.717, 1.165) is 22.8 Å². The number of hydrogen-bond acceptors (Lipinski definition) is 3. The first-order valence-corrected chi connectivity index (χ1v) is 7.62. The number of thiazole rings is 1. The van der Waals surface area contributed by atoms with Gasteiger partial charge in [0.2, 0.25) is 0 Å². The molecule has 1 atom stereocenters.